The predicted molar refractivity (Wildman–Crippen MR) is 52.9 cm³/mol. The smallest absolute Gasteiger partial charge is 0.333 e. The number of primary amides is 1. The lowest BCUT2D eigenvalue weighted by molar-refractivity contribution is -0.138. The molecule has 0 spiro atoms. The van der Waals surface area contributed by atoms with E-state index in [1.54, 1.807) is 6.92 Å². The molecule has 14 heavy (non-hydrogen) atoms. The Morgan fingerprint density at radius 1 is 1.43 bits per heavy atom. The number of nitrogens with zero attached hydrogens (tertiary/aromatic N) is 1. The van der Waals surface area contributed by atoms with Gasteiger partial charge < -0.3 is 10.5 Å². The molecular formula is C9H14N2O3. The first-order valence-corrected chi connectivity index (χ1v) is 4.08. The number of carbonyl (C=O) groups is 2. The van der Waals surface area contributed by atoms with Crippen LogP contribution in [-0.4, -0.2) is 30.7 Å². The highest BCUT2D eigenvalue weighted by Gasteiger charge is 2.02. The average Bonchev–Trinajstić information content (AvgIpc) is 2.11. The van der Waals surface area contributed by atoms with Crippen molar-refractivity contribution in [2.45, 2.75) is 13.8 Å². The fourth-order valence-electron chi connectivity index (χ4n) is 0.553. The maximum absolute atomic E-state index is 10.9. The first-order chi connectivity index (χ1) is 6.45. The van der Waals surface area contributed by atoms with Gasteiger partial charge in [0.25, 0.3) is 5.91 Å². The molecule has 78 valence electrons. The summed E-state index contributed by atoms with van der Waals surface area (Å²) in [5.74, 6) is -1.03. The van der Waals surface area contributed by atoms with E-state index in [4.69, 9.17) is 10.5 Å². The molecule has 1 amide bonds. The number of esters is 1. The van der Waals surface area contributed by atoms with Crippen LogP contribution in [0.4, 0.5) is 0 Å². The Morgan fingerprint density at radius 3 is 2.43 bits per heavy atom. The van der Waals surface area contributed by atoms with E-state index in [0.717, 1.165) is 0 Å². The maximum Gasteiger partial charge on any atom is 0.333 e. The van der Waals surface area contributed by atoms with Crippen molar-refractivity contribution in [2.24, 2.45) is 10.7 Å². The number of nitrogens with two attached hydrogens (primary N) is 1. The van der Waals surface area contributed by atoms with Crippen molar-refractivity contribution in [1.82, 2.24) is 0 Å². The van der Waals surface area contributed by atoms with Gasteiger partial charge in [-0.2, -0.15) is 0 Å². The van der Waals surface area contributed by atoms with Crippen LogP contribution in [-0.2, 0) is 14.3 Å². The molecule has 0 aliphatic rings. The lowest BCUT2D eigenvalue weighted by atomic mass is 10.4. The van der Waals surface area contributed by atoms with Crippen LogP contribution in [0.2, 0.25) is 0 Å². The Balaban J connectivity index is 3.77. The largest absolute Gasteiger partial charge is 0.460 e. The Morgan fingerprint density at radius 2 is 2.00 bits per heavy atom. The SMILES string of the molecule is C=C(C)C(=O)OCCN=C(C)C(N)=O. The van der Waals surface area contributed by atoms with Gasteiger partial charge in [-0.15, -0.1) is 0 Å². The number of ether oxygens (including phenoxy) is 1. The topological polar surface area (TPSA) is 81.8 Å². The van der Waals surface area contributed by atoms with Gasteiger partial charge in [0.2, 0.25) is 0 Å². The minimum atomic E-state index is -0.573. The molecule has 0 aromatic carbocycles. The number of amides is 1. The summed E-state index contributed by atoms with van der Waals surface area (Å²) in [7, 11) is 0. The minimum Gasteiger partial charge on any atom is -0.460 e. The van der Waals surface area contributed by atoms with E-state index in [2.05, 4.69) is 11.6 Å². The van der Waals surface area contributed by atoms with Crippen molar-refractivity contribution in [3.05, 3.63) is 12.2 Å². The molecule has 0 aromatic rings. The summed E-state index contributed by atoms with van der Waals surface area (Å²) in [6, 6.07) is 0. The fourth-order valence-corrected chi connectivity index (χ4v) is 0.553. The molecule has 0 aliphatic heterocycles. The Hall–Kier alpha value is -1.65. The first kappa shape index (κ1) is 12.3. The van der Waals surface area contributed by atoms with Crippen LogP contribution < -0.4 is 5.73 Å². The summed E-state index contributed by atoms with van der Waals surface area (Å²) < 4.78 is 4.74. The molecule has 0 radical (unpaired) electrons. The summed E-state index contributed by atoms with van der Waals surface area (Å²) >= 11 is 0. The molecule has 0 saturated carbocycles. The molecule has 5 heteroatoms. The number of carbonyl (C=O) groups excluding carboxylic acids is 2. The second-order valence-electron chi connectivity index (χ2n) is 2.75. The van der Waals surface area contributed by atoms with Crippen LogP contribution in [0, 0.1) is 0 Å². The lowest BCUT2D eigenvalue weighted by Crippen LogP contribution is -2.21. The van der Waals surface area contributed by atoms with Crippen molar-refractivity contribution in [2.75, 3.05) is 13.2 Å². The number of hydrogen-bond acceptors (Lipinski definition) is 4. The zero-order valence-corrected chi connectivity index (χ0v) is 8.37. The summed E-state index contributed by atoms with van der Waals surface area (Å²) in [6.07, 6.45) is 0. The fraction of sp³-hybridized carbons (Fsp3) is 0.444. The highest BCUT2D eigenvalue weighted by atomic mass is 16.5. The zero-order valence-electron chi connectivity index (χ0n) is 8.37. The molecule has 0 fully saturated rings. The van der Waals surface area contributed by atoms with E-state index in [1.807, 2.05) is 0 Å². The lowest BCUT2D eigenvalue weighted by Gasteiger charge is -2.01. The second-order valence-corrected chi connectivity index (χ2v) is 2.75. The highest BCUT2D eigenvalue weighted by molar-refractivity contribution is 6.37. The van der Waals surface area contributed by atoms with Crippen LogP contribution >= 0.6 is 0 Å². The summed E-state index contributed by atoms with van der Waals surface area (Å²) in [5.41, 5.74) is 5.49. The monoisotopic (exact) mass is 198 g/mol. The van der Waals surface area contributed by atoms with Crippen LogP contribution in [0.1, 0.15) is 13.8 Å². The second kappa shape index (κ2) is 5.90. The van der Waals surface area contributed by atoms with Crippen LogP contribution in [0.3, 0.4) is 0 Å². The summed E-state index contributed by atoms with van der Waals surface area (Å²) in [4.78, 5) is 25.2. The van der Waals surface area contributed by atoms with Gasteiger partial charge in [-0.3, -0.25) is 9.79 Å². The number of aliphatic imine (C=N–C) groups is 1. The quantitative estimate of drug-likeness (QED) is 0.293. The molecule has 0 aliphatic carbocycles. The average molecular weight is 198 g/mol. The van der Waals surface area contributed by atoms with Gasteiger partial charge in [-0.05, 0) is 13.8 Å². The van der Waals surface area contributed by atoms with Gasteiger partial charge in [0, 0.05) is 5.57 Å². The van der Waals surface area contributed by atoms with E-state index in [-0.39, 0.29) is 18.9 Å². The Labute approximate surface area is 82.6 Å². The first-order valence-electron chi connectivity index (χ1n) is 4.08. The normalized spacial score (nSPS) is 10.9. The van der Waals surface area contributed by atoms with Crippen molar-refractivity contribution < 1.29 is 14.3 Å². The van der Waals surface area contributed by atoms with E-state index in [0.29, 0.717) is 5.57 Å². The van der Waals surface area contributed by atoms with E-state index in [1.165, 1.54) is 6.92 Å². The van der Waals surface area contributed by atoms with Gasteiger partial charge >= 0.3 is 5.97 Å². The van der Waals surface area contributed by atoms with Crippen molar-refractivity contribution >= 4 is 17.6 Å². The zero-order chi connectivity index (χ0) is 11.1. The maximum atomic E-state index is 10.9. The molecule has 0 rings (SSSR count). The van der Waals surface area contributed by atoms with Crippen LogP contribution in [0.25, 0.3) is 0 Å². The van der Waals surface area contributed by atoms with Crippen LogP contribution in [0.15, 0.2) is 17.1 Å². The van der Waals surface area contributed by atoms with Crippen LogP contribution in [0.5, 0.6) is 0 Å². The third-order valence-corrected chi connectivity index (χ3v) is 1.38. The molecule has 2 N–H and O–H groups in total. The Kier molecular flexibility index (Phi) is 5.21. The third kappa shape index (κ3) is 5.08. The molecule has 0 aromatic heterocycles. The van der Waals surface area contributed by atoms with Gasteiger partial charge in [0.05, 0.1) is 12.3 Å². The molecule has 0 unspecified atom stereocenters. The minimum absolute atomic E-state index is 0.121. The highest BCUT2D eigenvalue weighted by Crippen LogP contribution is 1.91. The molecule has 0 atom stereocenters. The van der Waals surface area contributed by atoms with Gasteiger partial charge in [0.15, 0.2) is 0 Å². The predicted octanol–water partition coefficient (Wildman–Crippen LogP) is 0.0519. The molecule has 0 bridgehead atoms. The van der Waals surface area contributed by atoms with Gasteiger partial charge in [-0.1, -0.05) is 6.58 Å². The number of rotatable bonds is 5. The molecule has 5 nitrogen and oxygen atoms in total. The Bertz CT molecular complexity index is 282. The molecular weight excluding hydrogens is 184 g/mol. The third-order valence-electron chi connectivity index (χ3n) is 1.38. The molecule has 0 heterocycles. The molecule has 0 saturated heterocycles. The van der Waals surface area contributed by atoms with Crippen molar-refractivity contribution in [3.8, 4) is 0 Å². The van der Waals surface area contributed by atoms with E-state index < -0.39 is 11.9 Å². The standard InChI is InChI=1S/C9H14N2O3/c1-6(2)9(13)14-5-4-11-7(3)8(10)12/h1,4-5H2,2-3H3,(H2,10,12). The number of hydrogen-bond donors (Lipinski definition) is 1. The van der Waals surface area contributed by atoms with Crippen molar-refractivity contribution in [3.63, 3.8) is 0 Å². The summed E-state index contributed by atoms with van der Waals surface area (Å²) in [6.45, 7) is 6.82. The van der Waals surface area contributed by atoms with E-state index in [9.17, 15) is 9.59 Å². The van der Waals surface area contributed by atoms with Crippen molar-refractivity contribution in [1.29, 1.82) is 0 Å². The van der Waals surface area contributed by atoms with Gasteiger partial charge in [0.1, 0.15) is 6.61 Å². The van der Waals surface area contributed by atoms with Gasteiger partial charge in [-0.25, -0.2) is 4.79 Å². The summed E-state index contributed by atoms with van der Waals surface area (Å²) in [5, 5.41) is 0. The van der Waals surface area contributed by atoms with E-state index >= 15 is 0 Å².